The minimum Gasteiger partial charge on any atom is -0.246 e. The number of rotatable bonds is 0. The summed E-state index contributed by atoms with van der Waals surface area (Å²) >= 11 is 3.43. The van der Waals surface area contributed by atoms with E-state index in [4.69, 9.17) is 0 Å². The summed E-state index contributed by atoms with van der Waals surface area (Å²) in [7, 11) is 0. The monoisotopic (exact) mass is 206 g/mol. The molecule has 1 aromatic carbocycles. The molecule has 0 amide bonds. The van der Waals surface area contributed by atoms with Crippen LogP contribution in [0, 0.1) is 6.20 Å². The van der Waals surface area contributed by atoms with E-state index in [2.05, 4.69) is 27.1 Å². The van der Waals surface area contributed by atoms with Crippen LogP contribution in [0.15, 0.2) is 34.8 Å². The van der Waals surface area contributed by atoms with Crippen LogP contribution in [0.2, 0.25) is 0 Å². The highest BCUT2D eigenvalue weighted by Crippen LogP contribution is 2.20. The van der Waals surface area contributed by atoms with Crippen LogP contribution in [-0.4, -0.2) is 4.98 Å². The van der Waals surface area contributed by atoms with E-state index in [0.717, 1.165) is 15.4 Å². The normalized spacial score (nSPS) is 10.3. The third kappa shape index (κ3) is 1.14. The summed E-state index contributed by atoms with van der Waals surface area (Å²) in [4.78, 5) is 4.09. The lowest BCUT2D eigenvalue weighted by Crippen LogP contribution is -1.77. The number of halogens is 1. The molecule has 0 unspecified atom stereocenters. The minimum absolute atomic E-state index is 0.974. The first-order valence-corrected chi connectivity index (χ1v) is 4.08. The molecule has 0 aliphatic carbocycles. The topological polar surface area (TPSA) is 12.9 Å². The molecular formula is C9H5BrN. The van der Waals surface area contributed by atoms with Gasteiger partial charge in [0, 0.05) is 9.86 Å². The molecule has 2 heteroatoms. The number of pyridine rings is 1. The fourth-order valence-corrected chi connectivity index (χ4v) is 1.45. The van der Waals surface area contributed by atoms with Crippen molar-refractivity contribution in [1.82, 2.24) is 4.98 Å². The van der Waals surface area contributed by atoms with Gasteiger partial charge in [0.1, 0.15) is 0 Å². The number of hydrogen-bond donors (Lipinski definition) is 0. The number of hydrogen-bond acceptors (Lipinski definition) is 1. The smallest absolute Gasteiger partial charge is 0.0905 e. The fraction of sp³-hybridized carbons (Fsp3) is 0. The van der Waals surface area contributed by atoms with Crippen LogP contribution in [0.25, 0.3) is 10.9 Å². The second-order valence-corrected chi connectivity index (χ2v) is 3.10. The first-order valence-electron chi connectivity index (χ1n) is 3.29. The molecule has 0 saturated heterocycles. The predicted molar refractivity (Wildman–Crippen MR) is 48.3 cm³/mol. The summed E-state index contributed by atoms with van der Waals surface area (Å²) in [5.74, 6) is 0. The number of aromatic nitrogens is 1. The molecule has 0 N–H and O–H groups in total. The van der Waals surface area contributed by atoms with E-state index in [1.807, 2.05) is 30.3 Å². The molecule has 53 valence electrons. The first kappa shape index (κ1) is 6.80. The Kier molecular flexibility index (Phi) is 1.62. The van der Waals surface area contributed by atoms with Crippen LogP contribution in [0.3, 0.4) is 0 Å². The maximum absolute atomic E-state index is 4.09. The van der Waals surface area contributed by atoms with Gasteiger partial charge in [0.25, 0.3) is 0 Å². The zero-order chi connectivity index (χ0) is 7.68. The molecule has 11 heavy (non-hydrogen) atoms. The van der Waals surface area contributed by atoms with E-state index in [-0.39, 0.29) is 0 Å². The Bertz CT molecular complexity index is 379. The zero-order valence-electron chi connectivity index (χ0n) is 5.71. The van der Waals surface area contributed by atoms with Gasteiger partial charge in [0.2, 0.25) is 0 Å². The molecule has 1 nitrogen and oxygen atoms in total. The van der Waals surface area contributed by atoms with Gasteiger partial charge in [-0.3, -0.25) is 0 Å². The lowest BCUT2D eigenvalue weighted by molar-refractivity contribution is 1.38. The summed E-state index contributed by atoms with van der Waals surface area (Å²) in [5.41, 5.74) is 0.974. The molecular weight excluding hydrogens is 202 g/mol. The number of fused-ring (bicyclic) bond motifs is 1. The molecule has 0 atom stereocenters. The van der Waals surface area contributed by atoms with Crippen LogP contribution >= 0.6 is 15.9 Å². The molecule has 1 heterocycles. The van der Waals surface area contributed by atoms with E-state index in [1.54, 1.807) is 0 Å². The third-order valence-corrected chi connectivity index (χ3v) is 2.19. The van der Waals surface area contributed by atoms with Gasteiger partial charge < -0.3 is 0 Å². The lowest BCUT2D eigenvalue weighted by Gasteiger charge is -1.96. The van der Waals surface area contributed by atoms with Gasteiger partial charge in [-0.2, -0.15) is 0 Å². The molecule has 2 aromatic rings. The Morgan fingerprint density at radius 1 is 1.27 bits per heavy atom. The molecule has 0 spiro atoms. The summed E-state index contributed by atoms with van der Waals surface area (Å²) in [5, 5.41) is 1.13. The molecule has 1 radical (unpaired) electrons. The van der Waals surface area contributed by atoms with Crippen molar-refractivity contribution in [2.24, 2.45) is 0 Å². The van der Waals surface area contributed by atoms with Gasteiger partial charge in [-0.15, -0.1) is 0 Å². The van der Waals surface area contributed by atoms with E-state index in [0.29, 0.717) is 0 Å². The average molecular weight is 207 g/mol. The van der Waals surface area contributed by atoms with Crippen molar-refractivity contribution in [1.29, 1.82) is 0 Å². The van der Waals surface area contributed by atoms with E-state index in [1.165, 1.54) is 0 Å². The maximum Gasteiger partial charge on any atom is 0.0905 e. The lowest BCUT2D eigenvalue weighted by atomic mass is 10.2. The second-order valence-electron chi connectivity index (χ2n) is 2.25. The SMILES string of the molecule is Brc1c[c]nc2ccccc12. The number of nitrogens with zero attached hydrogens (tertiary/aromatic N) is 1. The minimum atomic E-state index is 0.974. The number of benzene rings is 1. The largest absolute Gasteiger partial charge is 0.246 e. The number of para-hydroxylation sites is 1. The van der Waals surface area contributed by atoms with Crippen molar-refractivity contribution in [3.8, 4) is 0 Å². The molecule has 0 aliphatic rings. The highest BCUT2D eigenvalue weighted by Gasteiger charge is 1.95. The molecule has 2 rings (SSSR count). The van der Waals surface area contributed by atoms with Crippen LogP contribution in [-0.2, 0) is 0 Å². The Morgan fingerprint density at radius 2 is 2.09 bits per heavy atom. The van der Waals surface area contributed by atoms with Gasteiger partial charge in [0.05, 0.1) is 11.7 Å². The Balaban J connectivity index is 2.91. The van der Waals surface area contributed by atoms with Crippen molar-refractivity contribution < 1.29 is 0 Å². The van der Waals surface area contributed by atoms with Crippen LogP contribution in [0.1, 0.15) is 0 Å². The highest BCUT2D eigenvalue weighted by atomic mass is 79.9. The summed E-state index contributed by atoms with van der Waals surface area (Å²) in [6.07, 6.45) is 2.81. The predicted octanol–water partition coefficient (Wildman–Crippen LogP) is 2.80. The molecule has 1 aromatic heterocycles. The van der Waals surface area contributed by atoms with Crippen molar-refractivity contribution in [3.63, 3.8) is 0 Å². The quantitative estimate of drug-likeness (QED) is 0.647. The summed E-state index contributed by atoms with van der Waals surface area (Å²) in [6.45, 7) is 0. The standard InChI is InChI=1S/C9H5BrN/c10-8-5-6-11-9-4-2-1-3-7(8)9/h1-5H. The van der Waals surface area contributed by atoms with E-state index < -0.39 is 0 Å². The Labute approximate surface area is 73.2 Å². The van der Waals surface area contributed by atoms with Crippen LogP contribution < -0.4 is 0 Å². The summed E-state index contributed by atoms with van der Waals surface area (Å²) in [6, 6.07) is 9.78. The first-order chi connectivity index (χ1) is 5.38. The molecule has 0 aliphatic heterocycles. The fourth-order valence-electron chi connectivity index (χ4n) is 1.01. The van der Waals surface area contributed by atoms with Gasteiger partial charge in [0.15, 0.2) is 0 Å². The van der Waals surface area contributed by atoms with E-state index >= 15 is 0 Å². The van der Waals surface area contributed by atoms with Gasteiger partial charge in [-0.05, 0) is 12.1 Å². The van der Waals surface area contributed by atoms with Crippen LogP contribution in [0.5, 0.6) is 0 Å². The zero-order valence-corrected chi connectivity index (χ0v) is 7.30. The van der Waals surface area contributed by atoms with Crippen molar-refractivity contribution in [3.05, 3.63) is 41.0 Å². The third-order valence-electron chi connectivity index (χ3n) is 1.54. The van der Waals surface area contributed by atoms with E-state index in [9.17, 15) is 0 Å². The Morgan fingerprint density at radius 3 is 2.91 bits per heavy atom. The maximum atomic E-state index is 4.09. The van der Waals surface area contributed by atoms with Gasteiger partial charge >= 0.3 is 0 Å². The Hall–Kier alpha value is -0.890. The summed E-state index contributed by atoms with van der Waals surface area (Å²) < 4.78 is 1.04. The van der Waals surface area contributed by atoms with Crippen LogP contribution in [0.4, 0.5) is 0 Å². The van der Waals surface area contributed by atoms with Crippen molar-refractivity contribution >= 4 is 26.8 Å². The molecule has 0 saturated carbocycles. The second kappa shape index (κ2) is 2.62. The van der Waals surface area contributed by atoms with Gasteiger partial charge in [-0.1, -0.05) is 34.1 Å². The van der Waals surface area contributed by atoms with Crippen molar-refractivity contribution in [2.75, 3.05) is 0 Å². The van der Waals surface area contributed by atoms with Gasteiger partial charge in [-0.25, -0.2) is 4.98 Å². The molecule has 0 fully saturated rings. The average Bonchev–Trinajstić information content (AvgIpc) is 2.06. The highest BCUT2D eigenvalue weighted by molar-refractivity contribution is 9.10. The van der Waals surface area contributed by atoms with Crippen molar-refractivity contribution in [2.45, 2.75) is 0 Å². The molecule has 0 bridgehead atoms.